The van der Waals surface area contributed by atoms with Crippen molar-refractivity contribution in [2.45, 2.75) is 39.3 Å². The van der Waals surface area contributed by atoms with Crippen LogP contribution in [-0.2, 0) is 18.5 Å². The minimum absolute atomic E-state index is 0.0310. The van der Waals surface area contributed by atoms with Crippen molar-refractivity contribution in [1.29, 1.82) is 0 Å². The SMILES string of the molecule is CC(C)(C)c1ccnc(-c2ccc(N(Cc3ccccc3)c3cccc(N(Cc4ccccc4)c4ccc(-c5nc6ccccc6n5-c5ccccc5)cc4)c3Cl)cc2)c1. The number of anilines is 4. The number of aromatic nitrogens is 3. The minimum atomic E-state index is 0.0310. The summed E-state index contributed by atoms with van der Waals surface area (Å²) < 4.78 is 2.24. The molecule has 7 aromatic carbocycles. The Kier molecular flexibility index (Phi) is 10.8. The fraction of sp³-hybridized carbons (Fsp3) is 0.111. The van der Waals surface area contributed by atoms with Crippen molar-refractivity contribution in [3.05, 3.63) is 222 Å². The van der Waals surface area contributed by atoms with Crippen LogP contribution in [0.5, 0.6) is 0 Å². The molecule has 0 aliphatic heterocycles. The van der Waals surface area contributed by atoms with E-state index in [1.54, 1.807) is 0 Å². The summed E-state index contributed by atoms with van der Waals surface area (Å²) in [5.41, 5.74) is 13.7. The largest absolute Gasteiger partial charge is 0.336 e. The molecule has 0 amide bonds. The van der Waals surface area contributed by atoms with E-state index in [4.69, 9.17) is 21.6 Å². The molecule has 9 aromatic rings. The van der Waals surface area contributed by atoms with Gasteiger partial charge in [-0.1, -0.05) is 142 Å². The lowest BCUT2D eigenvalue weighted by molar-refractivity contribution is 0.589. The standard InChI is InChI=1S/C54H46ClN5/c1-54(2,3)43-34-35-56-48(36-43)41-26-30-44(31-27-41)58(37-39-16-7-4-8-17-39)50-24-15-25-51(52(50)55)59(38-40-18-9-5-10-19-40)45-32-28-42(29-33-45)53-57-47-22-13-14-23-49(47)60(53)46-20-11-6-12-21-46/h4-36H,37-38H2,1-3H3. The molecule has 294 valence electrons. The number of imidazole rings is 1. The fourth-order valence-electron chi connectivity index (χ4n) is 7.80. The first kappa shape index (κ1) is 38.6. The number of rotatable bonds is 11. The molecule has 2 heterocycles. The van der Waals surface area contributed by atoms with Gasteiger partial charge in [0.15, 0.2) is 0 Å². The number of pyridine rings is 1. The monoisotopic (exact) mass is 799 g/mol. The number of fused-ring (bicyclic) bond motifs is 1. The van der Waals surface area contributed by atoms with Gasteiger partial charge in [0, 0.05) is 47.5 Å². The highest BCUT2D eigenvalue weighted by molar-refractivity contribution is 6.36. The molecule has 5 nitrogen and oxygen atoms in total. The number of para-hydroxylation sites is 3. The zero-order chi connectivity index (χ0) is 41.1. The summed E-state index contributed by atoms with van der Waals surface area (Å²) in [4.78, 5) is 14.5. The summed E-state index contributed by atoms with van der Waals surface area (Å²) in [6.45, 7) is 7.95. The summed E-state index contributed by atoms with van der Waals surface area (Å²) in [5.74, 6) is 0.892. The van der Waals surface area contributed by atoms with Gasteiger partial charge in [0.2, 0.25) is 0 Å². The van der Waals surface area contributed by atoms with Crippen LogP contribution >= 0.6 is 11.6 Å². The Morgan fingerprint density at radius 2 is 1.05 bits per heavy atom. The van der Waals surface area contributed by atoms with Crippen molar-refractivity contribution >= 4 is 45.4 Å². The third kappa shape index (κ3) is 8.05. The smallest absolute Gasteiger partial charge is 0.145 e. The third-order valence-electron chi connectivity index (χ3n) is 11.0. The van der Waals surface area contributed by atoms with E-state index in [2.05, 4.69) is 217 Å². The van der Waals surface area contributed by atoms with E-state index in [1.807, 2.05) is 18.3 Å². The first-order chi connectivity index (χ1) is 29.3. The Hall–Kier alpha value is -6.95. The van der Waals surface area contributed by atoms with E-state index in [9.17, 15) is 0 Å². The van der Waals surface area contributed by atoms with Crippen LogP contribution in [0.1, 0.15) is 37.5 Å². The molecule has 0 N–H and O–H groups in total. The molecule has 0 aliphatic rings. The fourth-order valence-corrected chi connectivity index (χ4v) is 8.13. The Morgan fingerprint density at radius 1 is 0.533 bits per heavy atom. The summed E-state index contributed by atoms with van der Waals surface area (Å²) in [7, 11) is 0. The molecule has 0 atom stereocenters. The molecular weight excluding hydrogens is 754 g/mol. The van der Waals surface area contributed by atoms with Crippen LogP contribution in [0.4, 0.5) is 22.7 Å². The summed E-state index contributed by atoms with van der Waals surface area (Å²) in [6, 6.07) is 67.9. The maximum atomic E-state index is 7.67. The quantitative estimate of drug-likeness (QED) is 0.131. The van der Waals surface area contributed by atoms with Crippen LogP contribution < -0.4 is 9.80 Å². The predicted molar refractivity (Wildman–Crippen MR) is 251 cm³/mol. The van der Waals surface area contributed by atoms with Crippen LogP contribution in [0, 0.1) is 0 Å². The molecule has 0 saturated carbocycles. The van der Waals surface area contributed by atoms with Crippen LogP contribution in [0.3, 0.4) is 0 Å². The molecule has 60 heavy (non-hydrogen) atoms. The van der Waals surface area contributed by atoms with Crippen molar-refractivity contribution in [2.75, 3.05) is 9.80 Å². The predicted octanol–water partition coefficient (Wildman–Crippen LogP) is 14.4. The second kappa shape index (κ2) is 16.7. The molecule has 0 saturated heterocycles. The normalized spacial score (nSPS) is 11.5. The van der Waals surface area contributed by atoms with Gasteiger partial charge in [0.25, 0.3) is 0 Å². The first-order valence-corrected chi connectivity index (χ1v) is 20.8. The van der Waals surface area contributed by atoms with Crippen molar-refractivity contribution < 1.29 is 0 Å². The summed E-state index contributed by atoms with van der Waals surface area (Å²) in [5, 5.41) is 0.669. The van der Waals surface area contributed by atoms with Crippen LogP contribution in [0.25, 0.3) is 39.4 Å². The number of halogens is 1. The van der Waals surface area contributed by atoms with Gasteiger partial charge >= 0.3 is 0 Å². The molecular formula is C54H46ClN5. The van der Waals surface area contributed by atoms with Crippen LogP contribution in [0.15, 0.2) is 200 Å². The van der Waals surface area contributed by atoms with Gasteiger partial charge in [0.1, 0.15) is 5.82 Å². The molecule has 0 unspecified atom stereocenters. The zero-order valence-corrected chi connectivity index (χ0v) is 34.8. The van der Waals surface area contributed by atoms with Crippen LogP contribution in [-0.4, -0.2) is 14.5 Å². The van der Waals surface area contributed by atoms with Gasteiger partial charge < -0.3 is 9.80 Å². The Labute approximate surface area is 357 Å². The van der Waals surface area contributed by atoms with E-state index < -0.39 is 0 Å². The van der Waals surface area contributed by atoms with Gasteiger partial charge in [-0.2, -0.15) is 0 Å². The molecule has 0 spiro atoms. The average molecular weight is 800 g/mol. The van der Waals surface area contributed by atoms with Crippen LogP contribution in [0.2, 0.25) is 5.02 Å². The van der Waals surface area contributed by atoms with Gasteiger partial charge in [0.05, 0.1) is 33.1 Å². The lowest BCUT2D eigenvalue weighted by Gasteiger charge is -2.31. The van der Waals surface area contributed by atoms with E-state index in [0.717, 1.165) is 62.1 Å². The Balaban J connectivity index is 1.11. The van der Waals surface area contributed by atoms with Gasteiger partial charge in [-0.15, -0.1) is 0 Å². The highest BCUT2D eigenvalue weighted by Gasteiger charge is 2.22. The summed E-state index contributed by atoms with van der Waals surface area (Å²) >= 11 is 7.67. The van der Waals surface area contributed by atoms with Crippen molar-refractivity contribution in [2.24, 2.45) is 0 Å². The molecule has 9 rings (SSSR count). The molecule has 0 radical (unpaired) electrons. The second-order valence-corrected chi connectivity index (χ2v) is 16.5. The minimum Gasteiger partial charge on any atom is -0.336 e. The van der Waals surface area contributed by atoms with Gasteiger partial charge in [-0.25, -0.2) is 4.98 Å². The molecule has 2 aromatic heterocycles. The Morgan fingerprint density at radius 3 is 1.62 bits per heavy atom. The maximum absolute atomic E-state index is 7.67. The molecule has 6 heteroatoms. The highest BCUT2D eigenvalue weighted by atomic mass is 35.5. The maximum Gasteiger partial charge on any atom is 0.145 e. The van der Waals surface area contributed by atoms with E-state index in [0.29, 0.717) is 18.1 Å². The number of nitrogens with zero attached hydrogens (tertiary/aromatic N) is 5. The molecule has 0 aliphatic carbocycles. The van der Waals surface area contributed by atoms with Gasteiger partial charge in [-0.05, 0) is 107 Å². The summed E-state index contributed by atoms with van der Waals surface area (Å²) in [6.07, 6.45) is 1.91. The lowest BCUT2D eigenvalue weighted by atomic mass is 9.87. The lowest BCUT2D eigenvalue weighted by Crippen LogP contribution is -2.20. The van der Waals surface area contributed by atoms with E-state index >= 15 is 0 Å². The Bertz CT molecular complexity index is 2850. The van der Waals surface area contributed by atoms with E-state index in [1.165, 1.54) is 16.7 Å². The van der Waals surface area contributed by atoms with Crippen molar-refractivity contribution in [1.82, 2.24) is 14.5 Å². The third-order valence-corrected chi connectivity index (χ3v) is 11.4. The topological polar surface area (TPSA) is 37.2 Å². The molecule has 0 fully saturated rings. The van der Waals surface area contributed by atoms with Crippen molar-refractivity contribution in [3.63, 3.8) is 0 Å². The molecule has 0 bridgehead atoms. The van der Waals surface area contributed by atoms with Gasteiger partial charge in [-0.3, -0.25) is 9.55 Å². The first-order valence-electron chi connectivity index (χ1n) is 20.4. The number of hydrogen-bond donors (Lipinski definition) is 0. The number of hydrogen-bond acceptors (Lipinski definition) is 4. The zero-order valence-electron chi connectivity index (χ0n) is 34.1. The highest BCUT2D eigenvalue weighted by Crippen LogP contribution is 2.43. The second-order valence-electron chi connectivity index (χ2n) is 16.1. The average Bonchev–Trinajstić information content (AvgIpc) is 3.69. The van der Waals surface area contributed by atoms with E-state index in [-0.39, 0.29) is 5.41 Å². The van der Waals surface area contributed by atoms with Crippen molar-refractivity contribution in [3.8, 4) is 28.3 Å². The number of benzene rings is 7.